The Kier molecular flexibility index (Phi) is 8.71. The third-order valence-electron chi connectivity index (χ3n) is 4.79. The lowest BCUT2D eigenvalue weighted by molar-refractivity contribution is -0.136. The van der Waals surface area contributed by atoms with Crippen LogP contribution in [0.1, 0.15) is 36.7 Å². The van der Waals surface area contributed by atoms with Gasteiger partial charge >= 0.3 is 11.9 Å². The molecule has 0 bridgehead atoms. The highest BCUT2D eigenvalue weighted by molar-refractivity contribution is 9.10. The summed E-state index contributed by atoms with van der Waals surface area (Å²) in [5.41, 5.74) is 1.50. The number of rotatable bonds is 9. The molecule has 0 aliphatic heterocycles. The highest BCUT2D eigenvalue weighted by Crippen LogP contribution is 2.31. The Morgan fingerprint density at radius 2 is 1.53 bits per heavy atom. The fourth-order valence-corrected chi connectivity index (χ4v) is 3.43. The van der Waals surface area contributed by atoms with Crippen LogP contribution in [0.5, 0.6) is 17.2 Å². The predicted octanol–water partition coefficient (Wildman–Crippen LogP) is 5.97. The Labute approximate surface area is 207 Å². The van der Waals surface area contributed by atoms with Crippen molar-refractivity contribution < 1.29 is 28.5 Å². The van der Waals surface area contributed by atoms with Crippen LogP contribution in [0.3, 0.4) is 0 Å². The molecule has 3 aromatic carbocycles. The first kappa shape index (κ1) is 25.3. The van der Waals surface area contributed by atoms with Crippen LogP contribution in [0.15, 0.2) is 77.3 Å². The van der Waals surface area contributed by atoms with E-state index in [0.29, 0.717) is 22.8 Å². The molecule has 3 aromatic rings. The average Bonchev–Trinajstić information content (AvgIpc) is 2.81. The fraction of sp³-hybridized carbons (Fsp3) is 0.259. The molecule has 0 aromatic heterocycles. The molecule has 0 aliphatic rings. The van der Waals surface area contributed by atoms with Gasteiger partial charge in [0.2, 0.25) is 0 Å². The number of ether oxygens (including phenoxy) is 4. The van der Waals surface area contributed by atoms with E-state index >= 15 is 0 Å². The van der Waals surface area contributed by atoms with Gasteiger partial charge in [0, 0.05) is 0 Å². The minimum Gasteiger partial charge on any atom is -0.490 e. The minimum absolute atomic E-state index is 0.00844. The third kappa shape index (κ3) is 7.63. The van der Waals surface area contributed by atoms with Gasteiger partial charge in [0.15, 0.2) is 6.61 Å². The average molecular weight is 527 g/mol. The molecule has 34 heavy (non-hydrogen) atoms. The van der Waals surface area contributed by atoms with Crippen molar-refractivity contribution in [3.05, 3.63) is 88.4 Å². The first-order chi connectivity index (χ1) is 16.2. The highest BCUT2D eigenvalue weighted by Gasteiger charge is 2.16. The zero-order chi connectivity index (χ0) is 24.6. The molecule has 0 unspecified atom stereocenters. The van der Waals surface area contributed by atoms with Crippen molar-refractivity contribution in [2.24, 2.45) is 0 Å². The normalized spacial score (nSPS) is 10.9. The molecule has 178 valence electrons. The van der Waals surface area contributed by atoms with E-state index in [1.54, 1.807) is 0 Å². The van der Waals surface area contributed by atoms with Crippen LogP contribution in [0.2, 0.25) is 0 Å². The van der Waals surface area contributed by atoms with Crippen LogP contribution in [0.4, 0.5) is 0 Å². The SMILES string of the molecule is CC(C)(C)c1ccc(OCC(=O)Oc2ccc(C(=O)OCCOc3ccccc3)cc2)c(Br)c1. The summed E-state index contributed by atoms with van der Waals surface area (Å²) in [5.74, 6) is 0.531. The number of benzene rings is 3. The zero-order valence-electron chi connectivity index (χ0n) is 19.4. The standard InChI is InChI=1S/C27H27BrO6/c1-27(2,3)20-11-14-24(23(28)17-20)33-18-25(29)34-22-12-9-19(10-13-22)26(30)32-16-15-31-21-7-5-4-6-8-21/h4-14,17H,15-16,18H2,1-3H3. The number of esters is 2. The van der Waals surface area contributed by atoms with Crippen molar-refractivity contribution in [1.29, 1.82) is 0 Å². The second-order valence-corrected chi connectivity index (χ2v) is 9.33. The van der Waals surface area contributed by atoms with Gasteiger partial charge in [0.05, 0.1) is 10.0 Å². The van der Waals surface area contributed by atoms with Gasteiger partial charge in [-0.25, -0.2) is 9.59 Å². The van der Waals surface area contributed by atoms with Crippen LogP contribution in [-0.4, -0.2) is 31.8 Å². The van der Waals surface area contributed by atoms with Crippen LogP contribution in [-0.2, 0) is 14.9 Å². The molecular weight excluding hydrogens is 500 g/mol. The van der Waals surface area contributed by atoms with E-state index in [1.807, 2.05) is 48.5 Å². The van der Waals surface area contributed by atoms with Gasteiger partial charge < -0.3 is 18.9 Å². The van der Waals surface area contributed by atoms with Gasteiger partial charge in [-0.05, 0) is 75.4 Å². The Morgan fingerprint density at radius 3 is 2.18 bits per heavy atom. The Hall–Kier alpha value is -3.32. The lowest BCUT2D eigenvalue weighted by Gasteiger charge is -2.20. The van der Waals surface area contributed by atoms with Gasteiger partial charge in [-0.3, -0.25) is 0 Å². The molecule has 0 heterocycles. The topological polar surface area (TPSA) is 71.1 Å². The molecule has 0 radical (unpaired) electrons. The molecule has 0 saturated carbocycles. The molecule has 0 saturated heterocycles. The quantitative estimate of drug-likeness (QED) is 0.194. The number of carbonyl (C=O) groups is 2. The monoisotopic (exact) mass is 526 g/mol. The van der Waals surface area contributed by atoms with E-state index in [9.17, 15) is 9.59 Å². The Balaban J connectivity index is 1.43. The summed E-state index contributed by atoms with van der Waals surface area (Å²) in [5, 5.41) is 0. The number of para-hydroxylation sites is 1. The molecule has 3 rings (SSSR count). The smallest absolute Gasteiger partial charge is 0.349 e. The predicted molar refractivity (Wildman–Crippen MR) is 133 cm³/mol. The summed E-state index contributed by atoms with van der Waals surface area (Å²) in [6, 6.07) is 21.2. The number of halogens is 1. The maximum absolute atomic E-state index is 12.2. The summed E-state index contributed by atoms with van der Waals surface area (Å²) in [7, 11) is 0. The van der Waals surface area contributed by atoms with Gasteiger partial charge in [-0.1, -0.05) is 45.0 Å². The highest BCUT2D eigenvalue weighted by atomic mass is 79.9. The molecule has 0 atom stereocenters. The summed E-state index contributed by atoms with van der Waals surface area (Å²) >= 11 is 3.48. The van der Waals surface area contributed by atoms with Gasteiger partial charge in [0.1, 0.15) is 30.5 Å². The zero-order valence-corrected chi connectivity index (χ0v) is 21.0. The van der Waals surface area contributed by atoms with E-state index in [1.165, 1.54) is 24.3 Å². The van der Waals surface area contributed by atoms with Gasteiger partial charge in [0.25, 0.3) is 0 Å². The van der Waals surface area contributed by atoms with E-state index in [4.69, 9.17) is 18.9 Å². The van der Waals surface area contributed by atoms with E-state index < -0.39 is 11.9 Å². The first-order valence-corrected chi connectivity index (χ1v) is 11.6. The van der Waals surface area contributed by atoms with Crippen LogP contribution >= 0.6 is 15.9 Å². The lowest BCUT2D eigenvalue weighted by atomic mass is 9.87. The maximum atomic E-state index is 12.2. The van der Waals surface area contributed by atoms with Crippen LogP contribution in [0.25, 0.3) is 0 Å². The van der Waals surface area contributed by atoms with Crippen molar-refractivity contribution in [2.45, 2.75) is 26.2 Å². The molecule has 0 fully saturated rings. The molecule has 0 amide bonds. The summed E-state index contributed by atoms with van der Waals surface area (Å²) < 4.78 is 22.3. The molecule has 6 nitrogen and oxygen atoms in total. The second kappa shape index (κ2) is 11.7. The summed E-state index contributed by atoms with van der Waals surface area (Å²) in [6.07, 6.45) is 0. The second-order valence-electron chi connectivity index (χ2n) is 8.48. The Morgan fingerprint density at radius 1 is 0.824 bits per heavy atom. The van der Waals surface area contributed by atoms with Crippen molar-refractivity contribution in [3.8, 4) is 17.2 Å². The third-order valence-corrected chi connectivity index (χ3v) is 5.41. The number of hydrogen-bond acceptors (Lipinski definition) is 6. The van der Waals surface area contributed by atoms with E-state index in [-0.39, 0.29) is 25.2 Å². The van der Waals surface area contributed by atoms with E-state index in [0.717, 1.165) is 10.0 Å². The minimum atomic E-state index is -0.555. The lowest BCUT2D eigenvalue weighted by Crippen LogP contribution is -2.18. The van der Waals surface area contributed by atoms with E-state index in [2.05, 4.69) is 36.7 Å². The van der Waals surface area contributed by atoms with Gasteiger partial charge in [-0.2, -0.15) is 0 Å². The van der Waals surface area contributed by atoms with Crippen molar-refractivity contribution >= 4 is 27.9 Å². The molecule has 0 spiro atoms. The van der Waals surface area contributed by atoms with Crippen molar-refractivity contribution in [2.75, 3.05) is 19.8 Å². The molecule has 7 heteroatoms. The largest absolute Gasteiger partial charge is 0.490 e. The maximum Gasteiger partial charge on any atom is 0.349 e. The van der Waals surface area contributed by atoms with Crippen molar-refractivity contribution in [3.63, 3.8) is 0 Å². The van der Waals surface area contributed by atoms with Crippen LogP contribution < -0.4 is 14.2 Å². The molecule has 0 aliphatic carbocycles. The van der Waals surface area contributed by atoms with Crippen LogP contribution in [0, 0.1) is 0 Å². The summed E-state index contributed by atoms with van der Waals surface area (Å²) in [4.78, 5) is 24.3. The molecule has 0 N–H and O–H groups in total. The fourth-order valence-electron chi connectivity index (χ4n) is 2.93. The van der Waals surface area contributed by atoms with Crippen molar-refractivity contribution in [1.82, 2.24) is 0 Å². The molecular formula is C27H27BrO6. The summed E-state index contributed by atoms with van der Waals surface area (Å²) in [6.45, 7) is 6.49. The number of carbonyl (C=O) groups excluding carboxylic acids is 2. The first-order valence-electron chi connectivity index (χ1n) is 10.8. The van der Waals surface area contributed by atoms with Gasteiger partial charge in [-0.15, -0.1) is 0 Å². The Bertz CT molecular complexity index is 1100. The number of hydrogen-bond donors (Lipinski definition) is 0.